The molecule has 0 aliphatic heterocycles. The van der Waals surface area contributed by atoms with Crippen molar-refractivity contribution in [2.45, 2.75) is 57.7 Å². The van der Waals surface area contributed by atoms with Gasteiger partial charge in [-0.2, -0.15) is 0 Å². The van der Waals surface area contributed by atoms with E-state index in [-0.39, 0.29) is 5.38 Å². The molecule has 0 radical (unpaired) electrons. The second kappa shape index (κ2) is 6.45. The average molecular weight is 300 g/mol. The van der Waals surface area contributed by atoms with Crippen LogP contribution in [-0.2, 0) is 6.42 Å². The van der Waals surface area contributed by atoms with Crippen molar-refractivity contribution in [1.29, 1.82) is 0 Å². The Morgan fingerprint density at radius 3 is 2.58 bits per heavy atom. The van der Waals surface area contributed by atoms with Gasteiger partial charge in [-0.1, -0.05) is 38.3 Å². The van der Waals surface area contributed by atoms with Crippen molar-refractivity contribution < 1.29 is 0 Å². The van der Waals surface area contributed by atoms with Crippen molar-refractivity contribution in [3.63, 3.8) is 0 Å². The summed E-state index contributed by atoms with van der Waals surface area (Å²) >= 11 is 13.0. The molecule has 0 saturated heterocycles. The summed E-state index contributed by atoms with van der Waals surface area (Å²) in [6.45, 7) is 4.59. The summed E-state index contributed by atoms with van der Waals surface area (Å²) in [5, 5.41) is 0.920. The monoisotopic (exact) mass is 299 g/mol. The van der Waals surface area contributed by atoms with E-state index < -0.39 is 0 Å². The summed E-state index contributed by atoms with van der Waals surface area (Å²) in [6, 6.07) is 2.00. The fourth-order valence-electron chi connectivity index (χ4n) is 3.52. The molecule has 2 rings (SSSR count). The zero-order valence-corrected chi connectivity index (χ0v) is 13.3. The molecule has 1 aromatic heterocycles. The van der Waals surface area contributed by atoms with Gasteiger partial charge in [-0.25, -0.2) is 0 Å². The van der Waals surface area contributed by atoms with Crippen molar-refractivity contribution in [2.75, 3.05) is 0 Å². The Morgan fingerprint density at radius 1 is 1.32 bits per heavy atom. The van der Waals surface area contributed by atoms with Crippen molar-refractivity contribution in [3.8, 4) is 0 Å². The minimum Gasteiger partial charge on any atom is -0.263 e. The highest BCUT2D eigenvalue weighted by Gasteiger charge is 2.40. The molecule has 0 bridgehead atoms. The van der Waals surface area contributed by atoms with Gasteiger partial charge in [-0.15, -0.1) is 11.6 Å². The molecule has 1 saturated carbocycles. The quantitative estimate of drug-likeness (QED) is 0.655. The van der Waals surface area contributed by atoms with Gasteiger partial charge in [0.2, 0.25) is 0 Å². The van der Waals surface area contributed by atoms with Crippen LogP contribution in [0.25, 0.3) is 0 Å². The lowest BCUT2D eigenvalue weighted by Crippen LogP contribution is -2.32. The number of alkyl halides is 1. The molecule has 1 aliphatic rings. The van der Waals surface area contributed by atoms with Crippen molar-refractivity contribution in [2.24, 2.45) is 11.3 Å². The predicted molar refractivity (Wildman–Crippen MR) is 82.9 cm³/mol. The van der Waals surface area contributed by atoms with Gasteiger partial charge >= 0.3 is 0 Å². The van der Waals surface area contributed by atoms with Crippen LogP contribution in [0.1, 0.15) is 51.5 Å². The van der Waals surface area contributed by atoms with Gasteiger partial charge in [0, 0.05) is 17.8 Å². The molecule has 0 aromatic carbocycles. The largest absolute Gasteiger partial charge is 0.263 e. The number of aromatic nitrogens is 1. The Balaban J connectivity index is 2.12. The summed E-state index contributed by atoms with van der Waals surface area (Å²) < 4.78 is 0. The average Bonchev–Trinajstić information content (AvgIpc) is 2.81. The topological polar surface area (TPSA) is 12.9 Å². The van der Waals surface area contributed by atoms with Gasteiger partial charge < -0.3 is 0 Å². The second-order valence-corrected chi connectivity index (χ2v) is 7.24. The molecule has 106 valence electrons. The molecular weight excluding hydrogens is 277 g/mol. The third-order valence-corrected chi connectivity index (χ3v) is 5.29. The highest BCUT2D eigenvalue weighted by molar-refractivity contribution is 6.31. The SMILES string of the molecule is CC(C)CC1(C(Cl)Cc2ccncc2Cl)CCCC1. The number of pyridine rings is 1. The predicted octanol–water partition coefficient (Wildman–Crippen LogP) is 5.49. The Labute approximate surface area is 126 Å². The van der Waals surface area contributed by atoms with Gasteiger partial charge in [0.1, 0.15) is 0 Å². The van der Waals surface area contributed by atoms with Crippen LogP contribution in [0.4, 0.5) is 0 Å². The van der Waals surface area contributed by atoms with Crippen molar-refractivity contribution >= 4 is 23.2 Å². The molecular formula is C16H23Cl2N. The first-order valence-corrected chi connectivity index (χ1v) is 8.07. The van der Waals surface area contributed by atoms with E-state index in [1.54, 1.807) is 12.4 Å². The molecule has 1 unspecified atom stereocenters. The molecule has 0 N–H and O–H groups in total. The molecule has 0 spiro atoms. The summed E-state index contributed by atoms with van der Waals surface area (Å²) in [7, 11) is 0. The Kier molecular flexibility index (Phi) is 5.14. The Morgan fingerprint density at radius 2 is 2.00 bits per heavy atom. The van der Waals surface area contributed by atoms with Crippen LogP contribution in [0.2, 0.25) is 5.02 Å². The van der Waals surface area contributed by atoms with Crippen LogP contribution >= 0.6 is 23.2 Å². The Bertz CT molecular complexity index is 411. The molecule has 1 nitrogen and oxygen atoms in total. The maximum absolute atomic E-state index is 6.82. The van der Waals surface area contributed by atoms with Gasteiger partial charge in [0.25, 0.3) is 0 Å². The third kappa shape index (κ3) is 3.64. The van der Waals surface area contributed by atoms with E-state index in [1.165, 1.54) is 32.1 Å². The third-order valence-electron chi connectivity index (χ3n) is 4.33. The van der Waals surface area contributed by atoms with E-state index in [2.05, 4.69) is 18.8 Å². The van der Waals surface area contributed by atoms with Crippen LogP contribution in [0.15, 0.2) is 18.5 Å². The van der Waals surface area contributed by atoms with Crippen LogP contribution in [0, 0.1) is 11.3 Å². The molecule has 1 aromatic rings. The number of hydrogen-bond donors (Lipinski definition) is 0. The molecule has 0 amide bonds. The second-order valence-electron chi connectivity index (χ2n) is 6.31. The fourth-order valence-corrected chi connectivity index (χ4v) is 4.19. The first-order valence-electron chi connectivity index (χ1n) is 7.26. The van der Waals surface area contributed by atoms with Crippen LogP contribution in [0.3, 0.4) is 0 Å². The first kappa shape index (κ1) is 15.1. The zero-order valence-electron chi connectivity index (χ0n) is 11.8. The number of nitrogens with zero attached hydrogens (tertiary/aromatic N) is 1. The summed E-state index contributed by atoms with van der Waals surface area (Å²) in [5.41, 5.74) is 1.44. The summed E-state index contributed by atoms with van der Waals surface area (Å²) in [6.07, 6.45) is 10.8. The Hall–Kier alpha value is -0.270. The lowest BCUT2D eigenvalue weighted by molar-refractivity contribution is 0.221. The molecule has 19 heavy (non-hydrogen) atoms. The van der Waals surface area contributed by atoms with Crippen molar-refractivity contribution in [3.05, 3.63) is 29.0 Å². The van der Waals surface area contributed by atoms with Crippen LogP contribution in [0.5, 0.6) is 0 Å². The van der Waals surface area contributed by atoms with E-state index in [0.29, 0.717) is 11.3 Å². The number of rotatable bonds is 5. The van der Waals surface area contributed by atoms with Crippen LogP contribution in [-0.4, -0.2) is 10.4 Å². The van der Waals surface area contributed by atoms with E-state index in [1.807, 2.05) is 6.07 Å². The normalized spacial score (nSPS) is 19.8. The van der Waals surface area contributed by atoms with E-state index >= 15 is 0 Å². The zero-order chi connectivity index (χ0) is 13.9. The minimum atomic E-state index is 0.178. The van der Waals surface area contributed by atoms with E-state index in [9.17, 15) is 0 Å². The number of halogens is 2. The summed E-state index contributed by atoms with van der Waals surface area (Å²) in [4.78, 5) is 4.04. The molecule has 1 aliphatic carbocycles. The van der Waals surface area contributed by atoms with Gasteiger partial charge in [-0.3, -0.25) is 4.98 Å². The number of hydrogen-bond acceptors (Lipinski definition) is 1. The lowest BCUT2D eigenvalue weighted by Gasteiger charge is -2.36. The van der Waals surface area contributed by atoms with Crippen molar-refractivity contribution in [1.82, 2.24) is 4.98 Å². The molecule has 3 heteroatoms. The molecule has 1 atom stereocenters. The van der Waals surface area contributed by atoms with Crippen LogP contribution < -0.4 is 0 Å². The van der Waals surface area contributed by atoms with E-state index in [4.69, 9.17) is 23.2 Å². The van der Waals surface area contributed by atoms with Gasteiger partial charge in [0.05, 0.1) is 5.02 Å². The van der Waals surface area contributed by atoms with E-state index in [0.717, 1.165) is 17.0 Å². The molecule has 1 heterocycles. The van der Waals surface area contributed by atoms with Gasteiger partial charge in [0.15, 0.2) is 0 Å². The minimum absolute atomic E-state index is 0.178. The smallest absolute Gasteiger partial charge is 0.0621 e. The van der Waals surface area contributed by atoms with Gasteiger partial charge in [-0.05, 0) is 48.6 Å². The first-order chi connectivity index (χ1) is 9.03. The maximum atomic E-state index is 6.82. The molecule has 1 fully saturated rings. The highest BCUT2D eigenvalue weighted by atomic mass is 35.5. The highest BCUT2D eigenvalue weighted by Crippen LogP contribution is 2.49. The standard InChI is InChI=1S/C16H23Cl2N/c1-12(2)10-16(6-3-4-7-16)15(18)9-13-5-8-19-11-14(13)17/h5,8,11-12,15H,3-4,6-7,9-10H2,1-2H3. The fraction of sp³-hybridized carbons (Fsp3) is 0.688. The summed E-state index contributed by atoms with van der Waals surface area (Å²) in [5.74, 6) is 0.701. The maximum Gasteiger partial charge on any atom is 0.0621 e. The lowest BCUT2D eigenvalue weighted by atomic mass is 9.74.